The average molecular weight is 219 g/mol. The second kappa shape index (κ2) is 5.56. The minimum absolute atomic E-state index is 0.0196. The van der Waals surface area contributed by atoms with E-state index in [0.717, 1.165) is 32.6 Å². The molecule has 0 aliphatic carbocycles. The number of hydrogen-bond donors (Lipinski definition) is 0. The van der Waals surface area contributed by atoms with Crippen LogP contribution in [0.5, 0.6) is 0 Å². The standard InChI is InChI=1S/C10H19ClN2O/c1-3-12-7-8-13(4-2)10(14)9(12)5-6-11/h9H,3-8H2,1-2H3. The third-order valence-corrected chi connectivity index (χ3v) is 3.08. The number of hydrogen-bond acceptors (Lipinski definition) is 2. The van der Waals surface area contributed by atoms with E-state index in [4.69, 9.17) is 11.6 Å². The van der Waals surface area contributed by atoms with Crippen LogP contribution in [0.2, 0.25) is 0 Å². The summed E-state index contributed by atoms with van der Waals surface area (Å²) in [7, 11) is 0. The summed E-state index contributed by atoms with van der Waals surface area (Å²) in [6, 6.07) is 0.0196. The summed E-state index contributed by atoms with van der Waals surface area (Å²) in [5, 5.41) is 0. The largest absolute Gasteiger partial charge is 0.340 e. The van der Waals surface area contributed by atoms with Crippen LogP contribution in [0, 0.1) is 0 Å². The lowest BCUT2D eigenvalue weighted by Crippen LogP contribution is -2.56. The second-order valence-electron chi connectivity index (χ2n) is 3.54. The van der Waals surface area contributed by atoms with Crippen molar-refractivity contribution in [2.24, 2.45) is 0 Å². The van der Waals surface area contributed by atoms with E-state index in [0.29, 0.717) is 5.88 Å². The maximum atomic E-state index is 11.9. The van der Waals surface area contributed by atoms with Gasteiger partial charge in [0.25, 0.3) is 0 Å². The molecule has 1 atom stereocenters. The molecule has 4 heteroatoms. The summed E-state index contributed by atoms with van der Waals surface area (Å²) >= 11 is 5.72. The zero-order chi connectivity index (χ0) is 10.6. The molecule has 14 heavy (non-hydrogen) atoms. The number of likely N-dealkylation sites (N-methyl/N-ethyl adjacent to an activating group) is 2. The highest BCUT2D eigenvalue weighted by Crippen LogP contribution is 2.14. The summed E-state index contributed by atoms with van der Waals surface area (Å²) in [5.74, 6) is 0.811. The number of carbonyl (C=O) groups is 1. The van der Waals surface area contributed by atoms with Crippen molar-refractivity contribution in [1.82, 2.24) is 9.80 Å². The van der Waals surface area contributed by atoms with E-state index in [1.54, 1.807) is 0 Å². The molecule has 1 aliphatic heterocycles. The van der Waals surface area contributed by atoms with Gasteiger partial charge in [-0.15, -0.1) is 11.6 Å². The highest BCUT2D eigenvalue weighted by molar-refractivity contribution is 6.18. The van der Waals surface area contributed by atoms with E-state index < -0.39 is 0 Å². The molecular weight excluding hydrogens is 200 g/mol. The van der Waals surface area contributed by atoms with E-state index in [2.05, 4.69) is 11.8 Å². The Bertz CT molecular complexity index is 199. The highest BCUT2D eigenvalue weighted by atomic mass is 35.5. The van der Waals surface area contributed by atoms with E-state index in [1.165, 1.54) is 0 Å². The van der Waals surface area contributed by atoms with Gasteiger partial charge in [-0.3, -0.25) is 9.69 Å². The second-order valence-corrected chi connectivity index (χ2v) is 3.92. The Morgan fingerprint density at radius 1 is 1.36 bits per heavy atom. The summed E-state index contributed by atoms with van der Waals surface area (Å²) in [6.07, 6.45) is 0.769. The Labute approximate surface area is 91.0 Å². The van der Waals surface area contributed by atoms with Crippen LogP contribution in [-0.2, 0) is 4.79 Å². The molecule has 0 bridgehead atoms. The van der Waals surface area contributed by atoms with Gasteiger partial charge in [0.1, 0.15) is 0 Å². The zero-order valence-corrected chi connectivity index (χ0v) is 9.76. The SMILES string of the molecule is CCN1CCN(CC)C(CCCl)C1=O. The Morgan fingerprint density at radius 3 is 2.57 bits per heavy atom. The van der Waals surface area contributed by atoms with Gasteiger partial charge in [0.15, 0.2) is 0 Å². The Kier molecular flexibility index (Phi) is 4.69. The summed E-state index contributed by atoms with van der Waals surface area (Å²) < 4.78 is 0. The summed E-state index contributed by atoms with van der Waals surface area (Å²) in [6.45, 7) is 7.72. The highest BCUT2D eigenvalue weighted by Gasteiger charge is 2.32. The number of amides is 1. The minimum atomic E-state index is 0.0196. The lowest BCUT2D eigenvalue weighted by atomic mass is 10.1. The van der Waals surface area contributed by atoms with Crippen molar-refractivity contribution in [2.75, 3.05) is 32.1 Å². The van der Waals surface area contributed by atoms with Crippen LogP contribution in [0.3, 0.4) is 0 Å². The minimum Gasteiger partial charge on any atom is -0.340 e. The van der Waals surface area contributed by atoms with Gasteiger partial charge in [0, 0.05) is 25.5 Å². The van der Waals surface area contributed by atoms with Crippen molar-refractivity contribution in [1.29, 1.82) is 0 Å². The number of carbonyl (C=O) groups excluding carboxylic acids is 1. The predicted octanol–water partition coefficient (Wildman–Crippen LogP) is 1.17. The maximum Gasteiger partial charge on any atom is 0.240 e. The zero-order valence-electron chi connectivity index (χ0n) is 9.00. The van der Waals surface area contributed by atoms with Crippen LogP contribution in [0.25, 0.3) is 0 Å². The van der Waals surface area contributed by atoms with E-state index >= 15 is 0 Å². The van der Waals surface area contributed by atoms with Crippen LogP contribution >= 0.6 is 11.6 Å². The molecule has 0 N–H and O–H groups in total. The van der Waals surface area contributed by atoms with Crippen molar-refractivity contribution < 1.29 is 4.79 Å². The monoisotopic (exact) mass is 218 g/mol. The average Bonchev–Trinajstić information content (AvgIpc) is 2.21. The molecule has 82 valence electrons. The normalized spacial score (nSPS) is 24.4. The van der Waals surface area contributed by atoms with Crippen molar-refractivity contribution in [3.05, 3.63) is 0 Å². The molecule has 0 aromatic carbocycles. The van der Waals surface area contributed by atoms with Crippen LogP contribution < -0.4 is 0 Å². The molecule has 1 fully saturated rings. The van der Waals surface area contributed by atoms with Gasteiger partial charge in [-0.25, -0.2) is 0 Å². The Balaban J connectivity index is 2.65. The molecule has 0 radical (unpaired) electrons. The van der Waals surface area contributed by atoms with Gasteiger partial charge in [-0.1, -0.05) is 6.92 Å². The fraction of sp³-hybridized carbons (Fsp3) is 0.900. The number of alkyl halides is 1. The number of nitrogens with zero attached hydrogens (tertiary/aromatic N) is 2. The molecule has 0 saturated carbocycles. The van der Waals surface area contributed by atoms with Crippen LogP contribution in [0.4, 0.5) is 0 Å². The quantitative estimate of drug-likeness (QED) is 0.662. The summed E-state index contributed by atoms with van der Waals surface area (Å²) in [5.41, 5.74) is 0. The molecule has 1 aliphatic rings. The predicted molar refractivity (Wildman–Crippen MR) is 58.6 cm³/mol. The van der Waals surface area contributed by atoms with E-state index in [9.17, 15) is 4.79 Å². The fourth-order valence-electron chi connectivity index (χ4n) is 1.98. The molecule has 0 aromatic heterocycles. The van der Waals surface area contributed by atoms with E-state index in [-0.39, 0.29) is 11.9 Å². The lowest BCUT2D eigenvalue weighted by Gasteiger charge is -2.39. The van der Waals surface area contributed by atoms with Crippen molar-refractivity contribution in [2.45, 2.75) is 26.3 Å². The Hall–Kier alpha value is -0.280. The van der Waals surface area contributed by atoms with Gasteiger partial charge in [0.05, 0.1) is 6.04 Å². The van der Waals surface area contributed by atoms with Crippen LogP contribution in [0.15, 0.2) is 0 Å². The summed E-state index contributed by atoms with van der Waals surface area (Å²) in [4.78, 5) is 16.1. The first kappa shape index (κ1) is 11.8. The molecule has 1 rings (SSSR count). The first-order valence-electron chi connectivity index (χ1n) is 5.33. The van der Waals surface area contributed by atoms with Gasteiger partial charge >= 0.3 is 0 Å². The van der Waals surface area contributed by atoms with Crippen molar-refractivity contribution in [3.63, 3.8) is 0 Å². The number of rotatable bonds is 4. The molecule has 1 amide bonds. The first-order valence-corrected chi connectivity index (χ1v) is 5.86. The number of halogens is 1. The van der Waals surface area contributed by atoms with Crippen LogP contribution in [0.1, 0.15) is 20.3 Å². The van der Waals surface area contributed by atoms with Crippen molar-refractivity contribution >= 4 is 17.5 Å². The first-order chi connectivity index (χ1) is 6.74. The van der Waals surface area contributed by atoms with Crippen LogP contribution in [-0.4, -0.2) is 53.8 Å². The fourth-order valence-corrected chi connectivity index (χ4v) is 2.19. The third-order valence-electron chi connectivity index (χ3n) is 2.87. The van der Waals surface area contributed by atoms with Crippen molar-refractivity contribution in [3.8, 4) is 0 Å². The van der Waals surface area contributed by atoms with E-state index in [1.807, 2.05) is 11.8 Å². The molecular formula is C10H19ClN2O. The van der Waals surface area contributed by atoms with Gasteiger partial charge in [-0.2, -0.15) is 0 Å². The van der Waals surface area contributed by atoms with Gasteiger partial charge < -0.3 is 4.90 Å². The third kappa shape index (κ3) is 2.39. The van der Waals surface area contributed by atoms with Gasteiger partial charge in [0.2, 0.25) is 5.91 Å². The molecule has 0 aromatic rings. The lowest BCUT2D eigenvalue weighted by molar-refractivity contribution is -0.141. The molecule has 1 heterocycles. The topological polar surface area (TPSA) is 23.6 Å². The molecule has 0 spiro atoms. The molecule has 3 nitrogen and oxygen atoms in total. The molecule has 1 unspecified atom stereocenters. The number of piperazine rings is 1. The maximum absolute atomic E-state index is 11.9. The molecule has 1 saturated heterocycles. The Morgan fingerprint density at radius 2 is 2.07 bits per heavy atom. The smallest absolute Gasteiger partial charge is 0.240 e. The van der Waals surface area contributed by atoms with Gasteiger partial charge in [-0.05, 0) is 19.9 Å².